The molecule has 0 aliphatic heterocycles. The van der Waals surface area contributed by atoms with Gasteiger partial charge in [-0.05, 0) is 25.6 Å². The van der Waals surface area contributed by atoms with Crippen LogP contribution in [0.5, 0.6) is 0 Å². The van der Waals surface area contributed by atoms with Gasteiger partial charge in [0.2, 0.25) is 0 Å². The minimum atomic E-state index is -1.12. The van der Waals surface area contributed by atoms with Crippen LogP contribution in [0, 0.1) is 0 Å². The van der Waals surface area contributed by atoms with E-state index < -0.39 is 8.07 Å². The molecular formula is C14H25NSi. The van der Waals surface area contributed by atoms with Crippen molar-refractivity contribution in [1.82, 2.24) is 4.90 Å². The Morgan fingerprint density at radius 2 is 1.62 bits per heavy atom. The second kappa shape index (κ2) is 5.64. The lowest BCUT2D eigenvalue weighted by molar-refractivity contribution is 0.327. The summed E-state index contributed by atoms with van der Waals surface area (Å²) in [6.07, 6.45) is 1.23. The number of hydrogen-bond acceptors (Lipinski definition) is 1. The first-order valence-electron chi connectivity index (χ1n) is 6.21. The fraction of sp³-hybridized carbons (Fsp3) is 0.571. The van der Waals surface area contributed by atoms with Crippen molar-refractivity contribution in [2.24, 2.45) is 0 Å². The molecule has 0 saturated heterocycles. The maximum atomic E-state index is 2.39. The molecule has 0 heterocycles. The zero-order valence-corrected chi connectivity index (χ0v) is 12.4. The largest absolute Gasteiger partial charge is 0.302 e. The van der Waals surface area contributed by atoms with Crippen molar-refractivity contribution < 1.29 is 0 Å². The van der Waals surface area contributed by atoms with Crippen LogP contribution in [0.25, 0.3) is 0 Å². The summed E-state index contributed by atoms with van der Waals surface area (Å²) in [7, 11) is 1.07. The Labute approximate surface area is 101 Å². The molecular weight excluding hydrogens is 210 g/mol. The molecule has 16 heavy (non-hydrogen) atoms. The Hall–Kier alpha value is -0.603. The Morgan fingerprint density at radius 3 is 2.06 bits per heavy atom. The summed E-state index contributed by atoms with van der Waals surface area (Å²) in [5.74, 6) is 0. The average Bonchev–Trinajstić information content (AvgIpc) is 2.17. The fourth-order valence-corrected chi connectivity index (χ4v) is 3.05. The normalized spacial score (nSPS) is 12.1. The average molecular weight is 235 g/mol. The molecule has 0 unspecified atom stereocenters. The number of nitrogens with zero attached hydrogens (tertiary/aromatic N) is 1. The number of hydrogen-bond donors (Lipinski definition) is 0. The summed E-state index contributed by atoms with van der Waals surface area (Å²) in [6, 6.07) is 9.22. The van der Waals surface area contributed by atoms with Crippen LogP contribution < -0.4 is 5.19 Å². The van der Waals surface area contributed by atoms with Gasteiger partial charge in [-0.2, -0.15) is 0 Å². The van der Waals surface area contributed by atoms with Crippen LogP contribution in [0.4, 0.5) is 0 Å². The summed E-state index contributed by atoms with van der Waals surface area (Å²) in [5, 5.41) is 1.55. The van der Waals surface area contributed by atoms with E-state index in [4.69, 9.17) is 0 Å². The summed E-state index contributed by atoms with van der Waals surface area (Å²) >= 11 is 0. The summed E-state index contributed by atoms with van der Waals surface area (Å²) in [6.45, 7) is 11.7. The second-order valence-corrected chi connectivity index (χ2v) is 10.8. The smallest absolute Gasteiger partial charge is 0.0775 e. The first-order chi connectivity index (χ1) is 7.43. The summed E-state index contributed by atoms with van der Waals surface area (Å²) < 4.78 is 0. The molecule has 0 bridgehead atoms. The van der Waals surface area contributed by atoms with Crippen molar-refractivity contribution in [3.05, 3.63) is 29.8 Å². The van der Waals surface area contributed by atoms with Gasteiger partial charge in [0.05, 0.1) is 8.07 Å². The molecule has 0 saturated carbocycles. The molecule has 0 N–H and O–H groups in total. The zero-order chi connectivity index (χ0) is 12.2. The Kier molecular flexibility index (Phi) is 4.75. The molecule has 0 aliphatic rings. The third kappa shape index (κ3) is 4.10. The first kappa shape index (κ1) is 13.5. The van der Waals surface area contributed by atoms with Crippen LogP contribution in [0.3, 0.4) is 0 Å². The standard InChI is InChI=1S/C14H25NSi/c1-6-11-15(2)12-13-7-9-14(10-8-13)16(3,4)5/h7-10H,6,11-12H2,1-5H3. The predicted octanol–water partition coefficient (Wildman–Crippen LogP) is 3.07. The molecule has 1 rings (SSSR count). The van der Waals surface area contributed by atoms with Crippen LogP contribution in [-0.4, -0.2) is 26.6 Å². The molecule has 1 aromatic carbocycles. The SMILES string of the molecule is CCCN(C)Cc1ccc([Si](C)(C)C)cc1. The Bertz CT molecular complexity index is 311. The molecule has 0 aliphatic carbocycles. The lowest BCUT2D eigenvalue weighted by Crippen LogP contribution is -2.37. The highest BCUT2D eigenvalue weighted by Gasteiger charge is 2.15. The van der Waals surface area contributed by atoms with Crippen molar-refractivity contribution >= 4 is 13.3 Å². The highest BCUT2D eigenvalue weighted by atomic mass is 28.3. The third-order valence-electron chi connectivity index (χ3n) is 2.88. The molecule has 1 aromatic rings. The van der Waals surface area contributed by atoms with E-state index in [1.165, 1.54) is 18.5 Å². The van der Waals surface area contributed by atoms with Crippen LogP contribution in [0.2, 0.25) is 19.6 Å². The predicted molar refractivity (Wildman–Crippen MR) is 76.0 cm³/mol. The van der Waals surface area contributed by atoms with Gasteiger partial charge in [0.25, 0.3) is 0 Å². The van der Waals surface area contributed by atoms with Crippen LogP contribution >= 0.6 is 0 Å². The van der Waals surface area contributed by atoms with Crippen molar-refractivity contribution in [3.63, 3.8) is 0 Å². The van der Waals surface area contributed by atoms with Crippen LogP contribution in [-0.2, 0) is 6.54 Å². The van der Waals surface area contributed by atoms with Gasteiger partial charge in [-0.1, -0.05) is 56.0 Å². The number of rotatable bonds is 5. The molecule has 0 fully saturated rings. The van der Waals surface area contributed by atoms with Crippen molar-refractivity contribution in [2.75, 3.05) is 13.6 Å². The molecule has 0 radical (unpaired) electrons. The molecule has 1 nitrogen and oxygen atoms in total. The highest BCUT2D eigenvalue weighted by molar-refractivity contribution is 6.88. The van der Waals surface area contributed by atoms with Crippen LogP contribution in [0.15, 0.2) is 24.3 Å². The van der Waals surface area contributed by atoms with E-state index in [2.05, 4.69) is 62.8 Å². The Balaban J connectivity index is 2.65. The quantitative estimate of drug-likeness (QED) is 0.709. The van der Waals surface area contributed by atoms with Gasteiger partial charge < -0.3 is 4.90 Å². The van der Waals surface area contributed by atoms with E-state index >= 15 is 0 Å². The molecule has 90 valence electrons. The van der Waals surface area contributed by atoms with Gasteiger partial charge in [-0.3, -0.25) is 0 Å². The van der Waals surface area contributed by atoms with E-state index in [-0.39, 0.29) is 0 Å². The summed E-state index contributed by atoms with van der Waals surface area (Å²) in [5.41, 5.74) is 1.43. The lowest BCUT2D eigenvalue weighted by Gasteiger charge is -2.19. The van der Waals surface area contributed by atoms with Gasteiger partial charge in [0, 0.05) is 6.54 Å². The molecule has 0 aromatic heterocycles. The van der Waals surface area contributed by atoms with E-state index in [1.807, 2.05) is 0 Å². The lowest BCUT2D eigenvalue weighted by atomic mass is 10.2. The van der Waals surface area contributed by atoms with Gasteiger partial charge in [0.15, 0.2) is 0 Å². The molecule has 0 spiro atoms. The summed E-state index contributed by atoms with van der Waals surface area (Å²) in [4.78, 5) is 2.38. The van der Waals surface area contributed by atoms with Gasteiger partial charge >= 0.3 is 0 Å². The van der Waals surface area contributed by atoms with E-state index in [1.54, 1.807) is 5.19 Å². The monoisotopic (exact) mass is 235 g/mol. The maximum Gasteiger partial charge on any atom is 0.0775 e. The van der Waals surface area contributed by atoms with E-state index in [0.717, 1.165) is 6.54 Å². The fourth-order valence-electron chi connectivity index (χ4n) is 1.88. The van der Waals surface area contributed by atoms with Crippen LogP contribution in [0.1, 0.15) is 18.9 Å². The molecule has 0 atom stereocenters. The topological polar surface area (TPSA) is 3.24 Å². The van der Waals surface area contributed by atoms with E-state index in [0.29, 0.717) is 0 Å². The molecule has 2 heteroatoms. The van der Waals surface area contributed by atoms with Gasteiger partial charge in [-0.15, -0.1) is 0 Å². The highest BCUT2D eigenvalue weighted by Crippen LogP contribution is 2.06. The first-order valence-corrected chi connectivity index (χ1v) is 9.71. The van der Waals surface area contributed by atoms with E-state index in [9.17, 15) is 0 Å². The number of benzene rings is 1. The minimum Gasteiger partial charge on any atom is -0.302 e. The van der Waals surface area contributed by atoms with Gasteiger partial charge in [-0.25, -0.2) is 0 Å². The minimum absolute atomic E-state index is 1.07. The molecule has 0 amide bonds. The third-order valence-corrected chi connectivity index (χ3v) is 4.94. The zero-order valence-electron chi connectivity index (χ0n) is 11.4. The van der Waals surface area contributed by atoms with Crippen molar-refractivity contribution in [3.8, 4) is 0 Å². The van der Waals surface area contributed by atoms with Crippen molar-refractivity contribution in [1.29, 1.82) is 0 Å². The van der Waals surface area contributed by atoms with Crippen molar-refractivity contribution in [2.45, 2.75) is 39.5 Å². The maximum absolute atomic E-state index is 2.39. The Morgan fingerprint density at radius 1 is 1.06 bits per heavy atom. The van der Waals surface area contributed by atoms with Gasteiger partial charge in [0.1, 0.15) is 0 Å². The second-order valence-electron chi connectivity index (χ2n) is 5.68.